The Labute approximate surface area is 228 Å². The molecule has 4 atom stereocenters. The van der Waals surface area contributed by atoms with Crippen molar-refractivity contribution in [2.45, 2.75) is 65.0 Å². The summed E-state index contributed by atoms with van der Waals surface area (Å²) in [5.41, 5.74) is -0.810. The number of carbonyl (C=O) groups excluding carboxylic acids is 1. The summed E-state index contributed by atoms with van der Waals surface area (Å²) in [4.78, 5) is 38.5. The zero-order valence-corrected chi connectivity index (χ0v) is 24.0. The molecular formula is C24H33BrN3O9P. The fourth-order valence-corrected chi connectivity index (χ4v) is 5.22. The molecule has 38 heavy (non-hydrogen) atoms. The van der Waals surface area contributed by atoms with Crippen molar-refractivity contribution in [1.82, 2.24) is 14.6 Å². The van der Waals surface area contributed by atoms with Crippen LogP contribution in [0.4, 0.5) is 0 Å². The quantitative estimate of drug-likeness (QED) is 0.182. The number of aromatic nitrogens is 2. The number of carbonyl (C=O) groups is 1. The second-order valence-corrected chi connectivity index (χ2v) is 11.4. The van der Waals surface area contributed by atoms with Crippen molar-refractivity contribution in [2.75, 3.05) is 19.8 Å². The van der Waals surface area contributed by atoms with E-state index in [0.29, 0.717) is 5.56 Å². The molecule has 210 valence electrons. The van der Waals surface area contributed by atoms with Crippen LogP contribution in [-0.2, 0) is 28.1 Å². The zero-order chi connectivity index (χ0) is 27.7. The molecule has 14 heteroatoms. The maximum atomic E-state index is 13.7. The Hall–Kier alpha value is -2.28. The van der Waals surface area contributed by atoms with Gasteiger partial charge in [-0.2, -0.15) is 5.09 Å². The number of nitrogens with one attached hydrogen (secondary N) is 2. The molecule has 0 amide bonds. The highest BCUT2D eigenvalue weighted by atomic mass is 79.9. The lowest BCUT2D eigenvalue weighted by Gasteiger charge is -2.24. The van der Waals surface area contributed by atoms with Crippen molar-refractivity contribution in [3.8, 4) is 5.75 Å². The number of hydrogen-bond donors (Lipinski definition) is 2. The Balaban J connectivity index is 1.64. The van der Waals surface area contributed by atoms with Crippen LogP contribution in [0, 0.1) is 6.92 Å². The number of unbranched alkanes of at least 4 members (excludes halogenated alkanes) is 3. The van der Waals surface area contributed by atoms with Crippen LogP contribution in [0.3, 0.4) is 0 Å². The first-order chi connectivity index (χ1) is 18.1. The van der Waals surface area contributed by atoms with Gasteiger partial charge in [-0.05, 0) is 44.5 Å². The molecule has 1 saturated heterocycles. The monoisotopic (exact) mass is 617 g/mol. The topological polar surface area (TPSA) is 147 Å². The molecule has 1 aliphatic heterocycles. The SMILES string of the molecule is CCCCCCOC(=O)C(C)NP(=O)(OC[C@@H]1OC[C@H](n2cc(C)c(=O)[nH]c2=O)O1)Oc1ccc(Br)cc1. The van der Waals surface area contributed by atoms with Gasteiger partial charge < -0.3 is 18.7 Å². The van der Waals surface area contributed by atoms with E-state index < -0.39 is 43.5 Å². The molecule has 2 unspecified atom stereocenters. The van der Waals surface area contributed by atoms with Crippen LogP contribution in [0.25, 0.3) is 0 Å². The van der Waals surface area contributed by atoms with Crippen LogP contribution in [-0.4, -0.2) is 47.7 Å². The number of ether oxygens (including phenoxy) is 3. The third-order valence-corrected chi connectivity index (χ3v) is 7.73. The van der Waals surface area contributed by atoms with E-state index in [1.165, 1.54) is 17.7 Å². The van der Waals surface area contributed by atoms with Crippen LogP contribution < -0.4 is 20.9 Å². The maximum Gasteiger partial charge on any atom is 0.459 e. The number of esters is 1. The maximum absolute atomic E-state index is 13.7. The van der Waals surface area contributed by atoms with Crippen LogP contribution >= 0.6 is 23.7 Å². The highest BCUT2D eigenvalue weighted by Gasteiger charge is 2.36. The highest BCUT2D eigenvalue weighted by Crippen LogP contribution is 2.45. The molecule has 0 radical (unpaired) electrons. The van der Waals surface area contributed by atoms with Crippen molar-refractivity contribution in [2.24, 2.45) is 0 Å². The lowest BCUT2D eigenvalue weighted by molar-refractivity contribution is -0.145. The molecule has 0 saturated carbocycles. The number of aryl methyl sites for hydroxylation is 1. The minimum atomic E-state index is -4.13. The van der Waals surface area contributed by atoms with Crippen molar-refractivity contribution >= 4 is 29.6 Å². The number of benzene rings is 1. The molecule has 0 spiro atoms. The van der Waals surface area contributed by atoms with Gasteiger partial charge in [-0.3, -0.25) is 23.7 Å². The minimum absolute atomic E-state index is 0.00846. The van der Waals surface area contributed by atoms with Crippen molar-refractivity contribution in [1.29, 1.82) is 0 Å². The summed E-state index contributed by atoms with van der Waals surface area (Å²) in [7, 11) is -4.13. The van der Waals surface area contributed by atoms with E-state index in [9.17, 15) is 18.9 Å². The molecule has 2 N–H and O–H groups in total. The fourth-order valence-electron chi connectivity index (χ4n) is 3.48. The molecule has 1 aromatic heterocycles. The van der Waals surface area contributed by atoms with Gasteiger partial charge in [0, 0.05) is 16.2 Å². The van der Waals surface area contributed by atoms with E-state index in [4.69, 9.17) is 23.3 Å². The Morgan fingerprint density at radius 2 is 2.00 bits per heavy atom. The van der Waals surface area contributed by atoms with E-state index >= 15 is 0 Å². The first-order valence-electron chi connectivity index (χ1n) is 12.3. The second-order valence-electron chi connectivity index (χ2n) is 8.75. The van der Waals surface area contributed by atoms with E-state index in [0.717, 1.165) is 30.2 Å². The average Bonchev–Trinajstić information content (AvgIpc) is 3.35. The Morgan fingerprint density at radius 3 is 2.71 bits per heavy atom. The summed E-state index contributed by atoms with van der Waals surface area (Å²) < 4.78 is 43.4. The molecule has 2 aromatic rings. The average molecular weight is 618 g/mol. The van der Waals surface area contributed by atoms with Gasteiger partial charge in [-0.25, -0.2) is 9.36 Å². The number of aromatic amines is 1. The van der Waals surface area contributed by atoms with E-state index in [1.807, 2.05) is 0 Å². The van der Waals surface area contributed by atoms with Crippen LogP contribution in [0.15, 0.2) is 44.5 Å². The molecular weight excluding hydrogens is 585 g/mol. The lowest BCUT2D eigenvalue weighted by Crippen LogP contribution is -2.36. The van der Waals surface area contributed by atoms with Gasteiger partial charge in [0.15, 0.2) is 12.5 Å². The molecule has 2 heterocycles. The molecule has 3 rings (SSSR count). The van der Waals surface area contributed by atoms with Gasteiger partial charge >= 0.3 is 19.4 Å². The summed E-state index contributed by atoms with van der Waals surface area (Å²) >= 11 is 3.33. The largest absolute Gasteiger partial charge is 0.465 e. The fraction of sp³-hybridized carbons (Fsp3) is 0.542. The smallest absolute Gasteiger partial charge is 0.459 e. The Bertz CT molecular complexity index is 1230. The minimum Gasteiger partial charge on any atom is -0.465 e. The number of hydrogen-bond acceptors (Lipinski definition) is 9. The Kier molecular flexibility index (Phi) is 11.3. The van der Waals surface area contributed by atoms with Crippen LogP contribution in [0.2, 0.25) is 0 Å². The van der Waals surface area contributed by atoms with Crippen molar-refractivity contribution < 1.29 is 32.6 Å². The standard InChI is InChI=1S/C24H33BrN3O9P/c1-4-5-6-7-12-33-23(30)17(3)27-38(32,37-19-10-8-18(25)9-11-19)35-15-21-34-14-20(36-21)28-13-16(2)22(29)26-24(28)31/h8-11,13,17,20-21H,4-7,12,14-15H2,1-3H3,(H,27,32)(H,26,29,31)/t17?,20-,21-,38?/m1/s1. The summed E-state index contributed by atoms with van der Waals surface area (Å²) in [5.74, 6) is -0.350. The van der Waals surface area contributed by atoms with E-state index in [-0.39, 0.29) is 25.6 Å². The van der Waals surface area contributed by atoms with Gasteiger partial charge in [-0.1, -0.05) is 42.1 Å². The predicted octanol–water partition coefficient (Wildman–Crippen LogP) is 3.78. The number of H-pyrrole nitrogens is 1. The molecule has 12 nitrogen and oxygen atoms in total. The Morgan fingerprint density at radius 1 is 1.26 bits per heavy atom. The normalized spacial score (nSPS) is 19.6. The zero-order valence-electron chi connectivity index (χ0n) is 21.5. The molecule has 1 aliphatic rings. The van der Waals surface area contributed by atoms with Crippen molar-refractivity contribution in [3.05, 3.63) is 61.3 Å². The summed E-state index contributed by atoms with van der Waals surface area (Å²) in [5, 5.41) is 2.62. The molecule has 1 fully saturated rings. The summed E-state index contributed by atoms with van der Waals surface area (Å²) in [6.07, 6.45) is 3.36. The lowest BCUT2D eigenvalue weighted by atomic mass is 10.2. The molecule has 1 aromatic carbocycles. The van der Waals surface area contributed by atoms with E-state index in [2.05, 4.69) is 32.9 Å². The van der Waals surface area contributed by atoms with E-state index in [1.54, 1.807) is 31.2 Å². The van der Waals surface area contributed by atoms with Gasteiger partial charge in [0.1, 0.15) is 18.4 Å². The number of rotatable bonds is 14. The first kappa shape index (κ1) is 30.3. The van der Waals surface area contributed by atoms with Gasteiger partial charge in [0.2, 0.25) is 0 Å². The third kappa shape index (κ3) is 8.89. The van der Waals surface area contributed by atoms with Gasteiger partial charge in [0.25, 0.3) is 5.56 Å². The van der Waals surface area contributed by atoms with Gasteiger partial charge in [0.05, 0.1) is 13.2 Å². The number of halogens is 1. The third-order valence-electron chi connectivity index (χ3n) is 5.56. The molecule has 0 bridgehead atoms. The first-order valence-corrected chi connectivity index (χ1v) is 14.7. The highest BCUT2D eigenvalue weighted by molar-refractivity contribution is 9.10. The summed E-state index contributed by atoms with van der Waals surface area (Å²) in [6, 6.07) is 5.57. The van der Waals surface area contributed by atoms with Gasteiger partial charge in [-0.15, -0.1) is 0 Å². The summed E-state index contributed by atoms with van der Waals surface area (Å²) in [6.45, 7) is 5.06. The van der Waals surface area contributed by atoms with Crippen molar-refractivity contribution in [3.63, 3.8) is 0 Å². The predicted molar refractivity (Wildman–Crippen MR) is 142 cm³/mol. The number of nitrogens with zero attached hydrogens (tertiary/aromatic N) is 1. The second kappa shape index (κ2) is 14.2. The molecule has 0 aliphatic carbocycles. The van der Waals surface area contributed by atoms with Crippen LogP contribution in [0.1, 0.15) is 51.3 Å². The van der Waals surface area contributed by atoms with Crippen LogP contribution in [0.5, 0.6) is 5.75 Å².